The normalized spacial score (nSPS) is 11.4. The van der Waals surface area contributed by atoms with Gasteiger partial charge in [-0.25, -0.2) is 0 Å². The molecule has 0 fully saturated rings. The Kier molecular flexibility index (Phi) is 6.47. The minimum atomic E-state index is 0.820. The van der Waals surface area contributed by atoms with E-state index in [4.69, 9.17) is 0 Å². The van der Waals surface area contributed by atoms with E-state index in [1.807, 2.05) is 7.05 Å². The van der Waals surface area contributed by atoms with E-state index < -0.39 is 0 Å². The van der Waals surface area contributed by atoms with Crippen molar-refractivity contribution < 1.29 is 0 Å². The summed E-state index contributed by atoms with van der Waals surface area (Å²) in [5.74, 6) is 0.850. The maximum Gasteiger partial charge on any atom is 0.191 e. The van der Waals surface area contributed by atoms with Crippen molar-refractivity contribution in [2.75, 3.05) is 32.6 Å². The third kappa shape index (κ3) is 5.28. The number of aliphatic imine (C=N–C) groups is 1. The Morgan fingerprint density at radius 1 is 1.13 bits per heavy atom. The van der Waals surface area contributed by atoms with E-state index >= 15 is 0 Å². The molecule has 0 amide bonds. The fourth-order valence-electron chi connectivity index (χ4n) is 2.26. The van der Waals surface area contributed by atoms with Crippen LogP contribution in [0.15, 0.2) is 40.7 Å². The first kappa shape index (κ1) is 17.3. The van der Waals surface area contributed by atoms with Gasteiger partial charge in [0.2, 0.25) is 0 Å². The number of aryl methyl sites for hydroxylation is 1. The van der Waals surface area contributed by atoms with Crippen LogP contribution in [0.25, 0.3) is 0 Å². The first-order valence-corrected chi connectivity index (χ1v) is 8.72. The SMILES string of the molecule is CN=C(NCCc1ccc(N(C)C)cc1)NCc1sccc1C. The Hall–Kier alpha value is -2.01. The van der Waals surface area contributed by atoms with Gasteiger partial charge in [-0.15, -0.1) is 11.3 Å². The Bertz CT molecular complexity index is 629. The van der Waals surface area contributed by atoms with E-state index in [1.54, 1.807) is 11.3 Å². The summed E-state index contributed by atoms with van der Waals surface area (Å²) in [7, 11) is 5.92. The summed E-state index contributed by atoms with van der Waals surface area (Å²) >= 11 is 1.78. The smallest absolute Gasteiger partial charge is 0.191 e. The number of thiophene rings is 1. The fraction of sp³-hybridized carbons (Fsp3) is 0.389. The number of hydrogen-bond acceptors (Lipinski definition) is 3. The zero-order valence-electron chi connectivity index (χ0n) is 14.4. The molecule has 0 saturated heterocycles. The van der Waals surface area contributed by atoms with Crippen LogP contribution in [0, 0.1) is 6.92 Å². The van der Waals surface area contributed by atoms with Crippen molar-refractivity contribution in [3.05, 3.63) is 51.7 Å². The van der Waals surface area contributed by atoms with Crippen molar-refractivity contribution in [1.82, 2.24) is 10.6 Å². The molecule has 0 atom stereocenters. The molecule has 1 heterocycles. The van der Waals surface area contributed by atoms with Crippen LogP contribution in [0.2, 0.25) is 0 Å². The largest absolute Gasteiger partial charge is 0.378 e. The molecule has 0 spiro atoms. The average molecular weight is 331 g/mol. The fourth-order valence-corrected chi connectivity index (χ4v) is 3.10. The van der Waals surface area contributed by atoms with Gasteiger partial charge < -0.3 is 15.5 Å². The summed E-state index contributed by atoms with van der Waals surface area (Å²) in [6.45, 7) is 3.83. The number of anilines is 1. The molecular weight excluding hydrogens is 304 g/mol. The zero-order valence-corrected chi connectivity index (χ0v) is 15.2. The highest BCUT2D eigenvalue weighted by Gasteiger charge is 2.02. The van der Waals surface area contributed by atoms with Crippen molar-refractivity contribution in [3.8, 4) is 0 Å². The van der Waals surface area contributed by atoms with Crippen LogP contribution in [0.3, 0.4) is 0 Å². The molecule has 1 aromatic heterocycles. The van der Waals surface area contributed by atoms with Crippen LogP contribution in [-0.4, -0.2) is 33.6 Å². The topological polar surface area (TPSA) is 39.7 Å². The molecule has 2 rings (SSSR count). The van der Waals surface area contributed by atoms with Gasteiger partial charge in [-0.3, -0.25) is 4.99 Å². The summed E-state index contributed by atoms with van der Waals surface area (Å²) in [5, 5.41) is 8.86. The van der Waals surface area contributed by atoms with Crippen LogP contribution < -0.4 is 15.5 Å². The number of hydrogen-bond donors (Lipinski definition) is 2. The van der Waals surface area contributed by atoms with Gasteiger partial charge in [0.25, 0.3) is 0 Å². The van der Waals surface area contributed by atoms with E-state index in [0.717, 1.165) is 25.5 Å². The Labute approximate surface area is 143 Å². The summed E-state index contributed by atoms with van der Waals surface area (Å²) in [5.41, 5.74) is 3.89. The first-order chi connectivity index (χ1) is 11.1. The standard InChI is InChI=1S/C18H26N4S/c1-14-10-12-23-17(14)13-21-18(19-2)20-11-9-15-5-7-16(8-6-15)22(3)4/h5-8,10,12H,9,11,13H2,1-4H3,(H2,19,20,21). The Morgan fingerprint density at radius 3 is 2.43 bits per heavy atom. The Morgan fingerprint density at radius 2 is 1.87 bits per heavy atom. The van der Waals surface area contributed by atoms with Gasteiger partial charge in [0.05, 0.1) is 6.54 Å². The predicted octanol–water partition coefficient (Wildman–Crippen LogP) is 3.03. The monoisotopic (exact) mass is 330 g/mol. The molecule has 0 aliphatic heterocycles. The van der Waals surface area contributed by atoms with E-state index in [0.29, 0.717) is 0 Å². The number of nitrogens with one attached hydrogen (secondary N) is 2. The molecule has 0 aliphatic rings. The second-order valence-electron chi connectivity index (χ2n) is 5.69. The molecule has 1 aromatic carbocycles. The summed E-state index contributed by atoms with van der Waals surface area (Å²) in [6.07, 6.45) is 0.979. The highest BCUT2D eigenvalue weighted by atomic mass is 32.1. The van der Waals surface area contributed by atoms with E-state index in [1.165, 1.54) is 21.7 Å². The van der Waals surface area contributed by atoms with Crippen LogP contribution >= 0.6 is 11.3 Å². The van der Waals surface area contributed by atoms with Crippen LogP contribution in [0.5, 0.6) is 0 Å². The summed E-state index contributed by atoms with van der Waals surface area (Å²) in [6, 6.07) is 10.8. The van der Waals surface area contributed by atoms with Gasteiger partial charge in [-0.2, -0.15) is 0 Å². The maximum absolute atomic E-state index is 4.28. The highest BCUT2D eigenvalue weighted by Crippen LogP contribution is 2.14. The predicted molar refractivity (Wildman–Crippen MR) is 102 cm³/mol. The lowest BCUT2D eigenvalue weighted by atomic mass is 10.1. The van der Waals surface area contributed by atoms with Crippen molar-refractivity contribution in [2.45, 2.75) is 19.9 Å². The average Bonchev–Trinajstić information content (AvgIpc) is 2.96. The second-order valence-corrected chi connectivity index (χ2v) is 6.69. The van der Waals surface area contributed by atoms with Gasteiger partial charge in [-0.1, -0.05) is 12.1 Å². The minimum absolute atomic E-state index is 0.820. The molecule has 124 valence electrons. The zero-order chi connectivity index (χ0) is 16.7. The van der Waals surface area contributed by atoms with Gasteiger partial charge >= 0.3 is 0 Å². The number of benzene rings is 1. The molecule has 0 aliphatic carbocycles. The highest BCUT2D eigenvalue weighted by molar-refractivity contribution is 7.10. The quantitative estimate of drug-likeness (QED) is 0.632. The van der Waals surface area contributed by atoms with Crippen molar-refractivity contribution >= 4 is 23.0 Å². The molecule has 0 unspecified atom stereocenters. The molecule has 0 saturated carbocycles. The van der Waals surface area contributed by atoms with Crippen LogP contribution in [0.4, 0.5) is 5.69 Å². The maximum atomic E-state index is 4.28. The second kappa shape index (κ2) is 8.58. The molecule has 2 aromatic rings. The lowest BCUT2D eigenvalue weighted by Gasteiger charge is -2.14. The van der Waals surface area contributed by atoms with Crippen LogP contribution in [-0.2, 0) is 13.0 Å². The summed E-state index contributed by atoms with van der Waals surface area (Å²) < 4.78 is 0. The Balaban J connectivity index is 1.76. The number of rotatable bonds is 6. The molecule has 0 radical (unpaired) electrons. The first-order valence-electron chi connectivity index (χ1n) is 7.84. The minimum Gasteiger partial charge on any atom is -0.378 e. The van der Waals surface area contributed by atoms with Gasteiger partial charge in [0.1, 0.15) is 0 Å². The van der Waals surface area contributed by atoms with Gasteiger partial charge in [0, 0.05) is 38.3 Å². The van der Waals surface area contributed by atoms with Crippen LogP contribution in [0.1, 0.15) is 16.0 Å². The van der Waals surface area contributed by atoms with E-state index in [2.05, 4.69) is 77.3 Å². The lowest BCUT2D eigenvalue weighted by Crippen LogP contribution is -2.37. The van der Waals surface area contributed by atoms with Crippen molar-refractivity contribution in [3.63, 3.8) is 0 Å². The third-order valence-electron chi connectivity index (χ3n) is 3.77. The molecule has 0 bridgehead atoms. The lowest BCUT2D eigenvalue weighted by molar-refractivity contribution is 0.798. The third-order valence-corrected chi connectivity index (χ3v) is 4.79. The van der Waals surface area contributed by atoms with E-state index in [9.17, 15) is 0 Å². The van der Waals surface area contributed by atoms with Gasteiger partial charge in [0.15, 0.2) is 5.96 Å². The van der Waals surface area contributed by atoms with Crippen molar-refractivity contribution in [1.29, 1.82) is 0 Å². The van der Waals surface area contributed by atoms with E-state index in [-0.39, 0.29) is 0 Å². The number of nitrogens with zero attached hydrogens (tertiary/aromatic N) is 2. The molecule has 23 heavy (non-hydrogen) atoms. The molecule has 4 nitrogen and oxygen atoms in total. The molecule has 2 N–H and O–H groups in total. The van der Waals surface area contributed by atoms with Gasteiger partial charge in [-0.05, 0) is 48.1 Å². The molecular formula is C18H26N4S. The molecule has 5 heteroatoms. The number of guanidine groups is 1. The van der Waals surface area contributed by atoms with Crippen molar-refractivity contribution in [2.24, 2.45) is 4.99 Å². The summed E-state index contributed by atoms with van der Waals surface area (Å²) in [4.78, 5) is 7.74.